The Kier molecular flexibility index (Phi) is 4.72. The van der Waals surface area contributed by atoms with Crippen molar-refractivity contribution in [2.45, 2.75) is 40.2 Å². The SMILES string of the molecule is Cc1ccc(-c2c(C)sc3ncn(CCCC(=O)O)c(=O)c23)cc1C. The van der Waals surface area contributed by atoms with E-state index >= 15 is 0 Å². The number of hydrogen-bond donors (Lipinski definition) is 1. The van der Waals surface area contributed by atoms with Gasteiger partial charge < -0.3 is 5.11 Å². The van der Waals surface area contributed by atoms with E-state index in [0.29, 0.717) is 18.4 Å². The molecule has 3 aromatic rings. The maximum absolute atomic E-state index is 12.9. The van der Waals surface area contributed by atoms with Crippen molar-refractivity contribution in [2.24, 2.45) is 0 Å². The highest BCUT2D eigenvalue weighted by atomic mass is 32.1. The summed E-state index contributed by atoms with van der Waals surface area (Å²) in [4.78, 5) is 29.8. The van der Waals surface area contributed by atoms with Crippen molar-refractivity contribution >= 4 is 27.5 Å². The molecule has 6 heteroatoms. The lowest BCUT2D eigenvalue weighted by atomic mass is 9.99. The predicted molar refractivity (Wildman–Crippen MR) is 100 cm³/mol. The van der Waals surface area contributed by atoms with Gasteiger partial charge in [0.2, 0.25) is 0 Å². The molecular weight excluding hydrogens is 336 g/mol. The molecule has 0 aliphatic rings. The zero-order valence-electron chi connectivity index (χ0n) is 14.5. The van der Waals surface area contributed by atoms with E-state index in [-0.39, 0.29) is 12.0 Å². The fourth-order valence-corrected chi connectivity index (χ4v) is 3.95. The average molecular weight is 356 g/mol. The van der Waals surface area contributed by atoms with Crippen molar-refractivity contribution in [3.63, 3.8) is 0 Å². The Morgan fingerprint density at radius 2 is 2.00 bits per heavy atom. The molecular formula is C19H20N2O3S. The molecule has 0 aliphatic heterocycles. The standard InChI is InChI=1S/C19H20N2O3S/c1-11-6-7-14(9-12(11)2)16-13(3)25-18-17(16)19(24)21(10-20-18)8-4-5-15(22)23/h6-7,9-10H,4-5,8H2,1-3H3,(H,22,23). The largest absolute Gasteiger partial charge is 0.481 e. The second kappa shape index (κ2) is 6.80. The molecule has 0 fully saturated rings. The van der Waals surface area contributed by atoms with E-state index in [1.54, 1.807) is 0 Å². The summed E-state index contributed by atoms with van der Waals surface area (Å²) in [6, 6.07) is 6.21. The van der Waals surface area contributed by atoms with Gasteiger partial charge in [0.05, 0.1) is 11.7 Å². The predicted octanol–water partition coefficient (Wildman–Crippen LogP) is 3.92. The third-order valence-electron chi connectivity index (χ3n) is 4.44. The number of carboxylic acid groups (broad SMARTS) is 1. The van der Waals surface area contributed by atoms with Crippen molar-refractivity contribution in [2.75, 3.05) is 0 Å². The Hall–Kier alpha value is -2.47. The van der Waals surface area contributed by atoms with Crippen LogP contribution in [-0.4, -0.2) is 20.6 Å². The molecule has 0 unspecified atom stereocenters. The van der Waals surface area contributed by atoms with Crippen LogP contribution in [0.25, 0.3) is 21.3 Å². The van der Waals surface area contributed by atoms with Gasteiger partial charge in [-0.1, -0.05) is 18.2 Å². The van der Waals surface area contributed by atoms with Crippen LogP contribution in [0.3, 0.4) is 0 Å². The van der Waals surface area contributed by atoms with E-state index in [2.05, 4.69) is 31.0 Å². The first kappa shape index (κ1) is 17.4. The second-order valence-corrected chi connectivity index (χ2v) is 7.46. The number of fused-ring (bicyclic) bond motifs is 1. The van der Waals surface area contributed by atoms with Crippen molar-refractivity contribution < 1.29 is 9.90 Å². The van der Waals surface area contributed by atoms with Crippen molar-refractivity contribution in [1.82, 2.24) is 9.55 Å². The Labute approximate surface area is 149 Å². The lowest BCUT2D eigenvalue weighted by molar-refractivity contribution is -0.137. The molecule has 2 heterocycles. The van der Waals surface area contributed by atoms with Crippen molar-refractivity contribution in [3.05, 3.63) is 50.9 Å². The first-order valence-electron chi connectivity index (χ1n) is 8.16. The summed E-state index contributed by atoms with van der Waals surface area (Å²) in [5.41, 5.74) is 4.25. The topological polar surface area (TPSA) is 72.2 Å². The van der Waals surface area contributed by atoms with Crippen LogP contribution in [0, 0.1) is 20.8 Å². The minimum absolute atomic E-state index is 0.0388. The Bertz CT molecular complexity index is 1020. The number of thiophene rings is 1. The van der Waals surface area contributed by atoms with Gasteiger partial charge >= 0.3 is 5.97 Å². The van der Waals surface area contributed by atoms with Gasteiger partial charge in [-0.15, -0.1) is 11.3 Å². The number of carboxylic acids is 1. The Morgan fingerprint density at radius 3 is 2.68 bits per heavy atom. The highest BCUT2D eigenvalue weighted by molar-refractivity contribution is 7.19. The molecule has 0 saturated carbocycles. The van der Waals surface area contributed by atoms with Gasteiger partial charge in [-0.2, -0.15) is 0 Å². The van der Waals surface area contributed by atoms with Crippen LogP contribution >= 0.6 is 11.3 Å². The fourth-order valence-electron chi connectivity index (χ4n) is 2.94. The molecule has 0 bridgehead atoms. The monoisotopic (exact) mass is 356 g/mol. The minimum atomic E-state index is -0.857. The summed E-state index contributed by atoms with van der Waals surface area (Å²) in [5.74, 6) is -0.857. The van der Waals surface area contributed by atoms with Gasteiger partial charge in [0.1, 0.15) is 4.83 Å². The molecule has 0 saturated heterocycles. The van der Waals surface area contributed by atoms with Crippen molar-refractivity contribution in [1.29, 1.82) is 0 Å². The number of benzene rings is 1. The van der Waals surface area contributed by atoms with Crippen LogP contribution in [0.1, 0.15) is 28.8 Å². The van der Waals surface area contributed by atoms with Gasteiger partial charge in [0.25, 0.3) is 5.56 Å². The Morgan fingerprint density at radius 1 is 1.24 bits per heavy atom. The maximum atomic E-state index is 12.9. The summed E-state index contributed by atoms with van der Waals surface area (Å²) in [5, 5.41) is 9.40. The number of nitrogens with zero attached hydrogens (tertiary/aromatic N) is 2. The third-order valence-corrected chi connectivity index (χ3v) is 5.45. The summed E-state index contributed by atoms with van der Waals surface area (Å²) < 4.78 is 1.52. The van der Waals surface area contributed by atoms with Gasteiger partial charge in [-0.05, 0) is 43.9 Å². The van der Waals surface area contributed by atoms with Crippen LogP contribution < -0.4 is 5.56 Å². The first-order valence-corrected chi connectivity index (χ1v) is 8.98. The van der Waals surface area contributed by atoms with E-state index in [1.165, 1.54) is 33.4 Å². The molecule has 1 N–H and O–H groups in total. The van der Waals surface area contributed by atoms with Crippen LogP contribution in [0.2, 0.25) is 0 Å². The maximum Gasteiger partial charge on any atom is 0.303 e. The van der Waals surface area contributed by atoms with E-state index in [0.717, 1.165) is 20.8 Å². The fraction of sp³-hybridized carbons (Fsp3) is 0.316. The number of carbonyl (C=O) groups is 1. The number of aliphatic carboxylic acids is 1. The van der Waals surface area contributed by atoms with Gasteiger partial charge in [-0.25, -0.2) is 4.98 Å². The zero-order chi connectivity index (χ0) is 18.1. The van der Waals surface area contributed by atoms with E-state index in [9.17, 15) is 9.59 Å². The highest BCUT2D eigenvalue weighted by Gasteiger charge is 2.17. The minimum Gasteiger partial charge on any atom is -0.481 e. The molecule has 130 valence electrons. The van der Waals surface area contributed by atoms with E-state index in [4.69, 9.17) is 5.11 Å². The summed E-state index contributed by atoms with van der Waals surface area (Å²) in [6.45, 7) is 6.49. The Balaban J connectivity index is 2.12. The molecule has 3 rings (SSSR count). The smallest absolute Gasteiger partial charge is 0.303 e. The molecule has 25 heavy (non-hydrogen) atoms. The molecule has 2 aromatic heterocycles. The highest BCUT2D eigenvalue weighted by Crippen LogP contribution is 2.36. The van der Waals surface area contributed by atoms with Gasteiger partial charge in [0, 0.05) is 23.4 Å². The zero-order valence-corrected chi connectivity index (χ0v) is 15.3. The van der Waals surface area contributed by atoms with Crippen LogP contribution in [-0.2, 0) is 11.3 Å². The number of rotatable bonds is 5. The molecule has 0 atom stereocenters. The van der Waals surface area contributed by atoms with Crippen LogP contribution in [0.5, 0.6) is 0 Å². The molecule has 5 nitrogen and oxygen atoms in total. The summed E-state index contributed by atoms with van der Waals surface area (Å²) in [7, 11) is 0. The quantitative estimate of drug-likeness (QED) is 0.752. The number of aromatic nitrogens is 2. The third kappa shape index (κ3) is 3.35. The number of hydrogen-bond acceptors (Lipinski definition) is 4. The molecule has 0 amide bonds. The second-order valence-electron chi connectivity index (χ2n) is 6.25. The van der Waals surface area contributed by atoms with E-state index in [1.807, 2.05) is 13.0 Å². The average Bonchev–Trinajstić information content (AvgIpc) is 2.89. The summed E-state index contributed by atoms with van der Waals surface area (Å²) in [6.07, 6.45) is 1.97. The van der Waals surface area contributed by atoms with Gasteiger partial charge in [-0.3, -0.25) is 14.2 Å². The summed E-state index contributed by atoms with van der Waals surface area (Å²) >= 11 is 1.52. The first-order chi connectivity index (χ1) is 11.9. The number of aryl methyl sites for hydroxylation is 4. The molecule has 0 aliphatic carbocycles. The lowest BCUT2D eigenvalue weighted by Crippen LogP contribution is -2.20. The van der Waals surface area contributed by atoms with E-state index < -0.39 is 5.97 Å². The van der Waals surface area contributed by atoms with Crippen molar-refractivity contribution in [3.8, 4) is 11.1 Å². The van der Waals surface area contributed by atoms with Gasteiger partial charge in [0.15, 0.2) is 0 Å². The molecule has 0 spiro atoms. The normalized spacial score (nSPS) is 11.2. The molecule has 1 aromatic carbocycles. The van der Waals surface area contributed by atoms with Crippen LogP contribution in [0.15, 0.2) is 29.3 Å². The van der Waals surface area contributed by atoms with Crippen LogP contribution in [0.4, 0.5) is 0 Å². The lowest BCUT2D eigenvalue weighted by Gasteiger charge is -2.07. The molecule has 0 radical (unpaired) electrons.